The lowest BCUT2D eigenvalue weighted by Gasteiger charge is -2.29. The second-order valence-corrected chi connectivity index (χ2v) is 5.58. The monoisotopic (exact) mass is 302 g/mol. The lowest BCUT2D eigenvalue weighted by molar-refractivity contribution is 0.112. The number of aldehydes is 1. The van der Waals surface area contributed by atoms with Crippen molar-refractivity contribution in [3.8, 4) is 0 Å². The molecule has 1 aromatic rings. The molecule has 0 radical (unpaired) electrons. The zero-order valence-corrected chi connectivity index (χ0v) is 12.8. The van der Waals surface area contributed by atoms with Crippen LogP contribution in [0.1, 0.15) is 23.2 Å². The standard InChI is InChI=1S/C7H4Cl2O.C7H16N2/c8-6-1-5(4-10)2-7(9)3-6;1-8-7-4-3-5-9(2)6-7/h1-4H;7-8H,3-6H2,1-2H3/t;7-/m.1/s1. The van der Waals surface area contributed by atoms with Gasteiger partial charge in [0.2, 0.25) is 0 Å². The molecule has 0 saturated carbocycles. The van der Waals surface area contributed by atoms with E-state index in [1.807, 2.05) is 7.05 Å². The Kier molecular flexibility index (Phi) is 7.39. The highest BCUT2D eigenvalue weighted by Gasteiger charge is 2.13. The Labute approximate surface area is 124 Å². The van der Waals surface area contributed by atoms with Crippen LogP contribution in [0.4, 0.5) is 0 Å². The van der Waals surface area contributed by atoms with Crippen LogP contribution >= 0.6 is 23.2 Å². The van der Waals surface area contributed by atoms with Crippen LogP contribution in [-0.2, 0) is 0 Å². The van der Waals surface area contributed by atoms with Crippen LogP contribution in [-0.4, -0.2) is 44.4 Å². The van der Waals surface area contributed by atoms with Gasteiger partial charge in [0.15, 0.2) is 0 Å². The Morgan fingerprint density at radius 2 is 1.95 bits per heavy atom. The predicted molar refractivity (Wildman–Crippen MR) is 81.4 cm³/mol. The van der Waals surface area contributed by atoms with E-state index < -0.39 is 0 Å². The van der Waals surface area contributed by atoms with E-state index in [4.69, 9.17) is 23.2 Å². The fourth-order valence-electron chi connectivity index (χ4n) is 2.05. The molecule has 1 aliphatic heterocycles. The first-order valence-corrected chi connectivity index (χ1v) is 7.08. The van der Waals surface area contributed by atoms with Crippen molar-refractivity contribution in [1.29, 1.82) is 0 Å². The minimum absolute atomic E-state index is 0.481. The first-order chi connectivity index (χ1) is 9.05. The van der Waals surface area contributed by atoms with Crippen molar-refractivity contribution in [2.45, 2.75) is 18.9 Å². The van der Waals surface area contributed by atoms with E-state index in [9.17, 15) is 4.79 Å². The molecule has 1 aliphatic rings. The minimum atomic E-state index is 0.481. The van der Waals surface area contributed by atoms with E-state index in [0.717, 1.165) is 6.04 Å². The summed E-state index contributed by atoms with van der Waals surface area (Å²) in [5.41, 5.74) is 0.498. The van der Waals surface area contributed by atoms with Gasteiger partial charge in [-0.05, 0) is 51.7 Å². The van der Waals surface area contributed by atoms with Crippen LogP contribution in [0.15, 0.2) is 18.2 Å². The molecular formula is C14H20Cl2N2O. The smallest absolute Gasteiger partial charge is 0.150 e. The molecule has 0 bridgehead atoms. The Morgan fingerprint density at radius 3 is 2.37 bits per heavy atom. The van der Waals surface area contributed by atoms with Crippen molar-refractivity contribution in [3.05, 3.63) is 33.8 Å². The van der Waals surface area contributed by atoms with Crippen molar-refractivity contribution < 1.29 is 4.79 Å². The number of piperidine rings is 1. The van der Waals surface area contributed by atoms with Crippen LogP contribution in [0.5, 0.6) is 0 Å². The summed E-state index contributed by atoms with van der Waals surface area (Å²) < 4.78 is 0. The van der Waals surface area contributed by atoms with Crippen molar-refractivity contribution in [2.24, 2.45) is 0 Å². The van der Waals surface area contributed by atoms with Crippen molar-refractivity contribution in [1.82, 2.24) is 10.2 Å². The number of nitrogens with one attached hydrogen (secondary N) is 1. The number of carbonyl (C=O) groups is 1. The van der Waals surface area contributed by atoms with Crippen molar-refractivity contribution in [2.75, 3.05) is 27.2 Å². The maximum Gasteiger partial charge on any atom is 0.150 e. The summed E-state index contributed by atoms with van der Waals surface area (Å²) >= 11 is 11.2. The number of carbonyl (C=O) groups excluding carboxylic acids is 1. The summed E-state index contributed by atoms with van der Waals surface area (Å²) in [6.07, 6.45) is 3.40. The molecule has 2 rings (SSSR count). The lowest BCUT2D eigenvalue weighted by Crippen LogP contribution is -2.42. The molecule has 1 atom stereocenters. The van der Waals surface area contributed by atoms with Gasteiger partial charge >= 0.3 is 0 Å². The van der Waals surface area contributed by atoms with Gasteiger partial charge in [0, 0.05) is 28.2 Å². The van der Waals surface area contributed by atoms with Gasteiger partial charge in [-0.3, -0.25) is 4.79 Å². The number of likely N-dealkylation sites (N-methyl/N-ethyl adjacent to an activating group) is 2. The third kappa shape index (κ3) is 6.39. The molecule has 0 aliphatic carbocycles. The molecular weight excluding hydrogens is 283 g/mol. The summed E-state index contributed by atoms with van der Waals surface area (Å²) in [7, 11) is 4.23. The van der Waals surface area contributed by atoms with Crippen molar-refractivity contribution in [3.63, 3.8) is 0 Å². The van der Waals surface area contributed by atoms with E-state index in [1.165, 1.54) is 25.9 Å². The van der Waals surface area contributed by atoms with E-state index in [1.54, 1.807) is 18.2 Å². The van der Waals surface area contributed by atoms with Gasteiger partial charge in [-0.2, -0.15) is 0 Å². The average Bonchev–Trinajstić information content (AvgIpc) is 2.38. The molecule has 5 heteroatoms. The highest BCUT2D eigenvalue weighted by molar-refractivity contribution is 6.35. The summed E-state index contributed by atoms with van der Waals surface area (Å²) in [6.45, 7) is 2.49. The third-order valence-corrected chi connectivity index (χ3v) is 3.49. The molecule has 1 fully saturated rings. The predicted octanol–water partition coefficient (Wildman–Crippen LogP) is 3.11. The Morgan fingerprint density at radius 1 is 1.32 bits per heavy atom. The number of benzene rings is 1. The first kappa shape index (κ1) is 16.4. The van der Waals surface area contributed by atoms with E-state index in [-0.39, 0.29) is 0 Å². The molecule has 0 amide bonds. The molecule has 1 heterocycles. The number of nitrogens with zero attached hydrogens (tertiary/aromatic N) is 1. The van der Waals surface area contributed by atoms with Crippen LogP contribution in [0.2, 0.25) is 10.0 Å². The van der Waals surface area contributed by atoms with Gasteiger partial charge in [-0.1, -0.05) is 23.2 Å². The molecule has 1 N–H and O–H groups in total. The highest BCUT2D eigenvalue weighted by atomic mass is 35.5. The van der Waals surface area contributed by atoms with Crippen LogP contribution in [0.3, 0.4) is 0 Å². The van der Waals surface area contributed by atoms with E-state index in [2.05, 4.69) is 17.3 Å². The number of hydrogen-bond donors (Lipinski definition) is 1. The second-order valence-electron chi connectivity index (χ2n) is 4.71. The molecule has 1 aromatic carbocycles. The molecule has 19 heavy (non-hydrogen) atoms. The molecule has 0 aromatic heterocycles. The Balaban J connectivity index is 0.000000191. The molecule has 0 unspecified atom stereocenters. The maximum atomic E-state index is 10.2. The van der Waals surface area contributed by atoms with Crippen LogP contribution in [0.25, 0.3) is 0 Å². The number of hydrogen-bond acceptors (Lipinski definition) is 3. The van der Waals surface area contributed by atoms with Crippen LogP contribution in [0, 0.1) is 0 Å². The lowest BCUT2D eigenvalue weighted by atomic mass is 10.1. The van der Waals surface area contributed by atoms with Crippen LogP contribution < -0.4 is 5.32 Å². The second kappa shape index (κ2) is 8.54. The maximum absolute atomic E-state index is 10.2. The number of likely N-dealkylation sites (tertiary alicyclic amines) is 1. The first-order valence-electron chi connectivity index (χ1n) is 6.32. The van der Waals surface area contributed by atoms with Gasteiger partial charge in [0.1, 0.15) is 6.29 Å². The topological polar surface area (TPSA) is 32.3 Å². The fraction of sp³-hybridized carbons (Fsp3) is 0.500. The Hall–Kier alpha value is -0.610. The van der Waals surface area contributed by atoms with Gasteiger partial charge < -0.3 is 10.2 Å². The molecule has 106 valence electrons. The van der Waals surface area contributed by atoms with E-state index >= 15 is 0 Å². The van der Waals surface area contributed by atoms with Gasteiger partial charge in [0.05, 0.1) is 0 Å². The Bertz CT molecular complexity index is 392. The number of halogens is 2. The minimum Gasteiger partial charge on any atom is -0.316 e. The van der Waals surface area contributed by atoms with Gasteiger partial charge in [-0.15, -0.1) is 0 Å². The zero-order valence-electron chi connectivity index (χ0n) is 11.3. The molecule has 3 nitrogen and oxygen atoms in total. The SMILES string of the molecule is CN[C@@H]1CCCN(C)C1.O=Cc1cc(Cl)cc(Cl)c1. The molecule has 1 saturated heterocycles. The van der Waals surface area contributed by atoms with Gasteiger partial charge in [-0.25, -0.2) is 0 Å². The average molecular weight is 303 g/mol. The summed E-state index contributed by atoms with van der Waals surface area (Å²) in [5.74, 6) is 0. The van der Waals surface area contributed by atoms with Crippen molar-refractivity contribution >= 4 is 29.5 Å². The van der Waals surface area contributed by atoms with E-state index in [0.29, 0.717) is 21.9 Å². The third-order valence-electron chi connectivity index (χ3n) is 3.05. The quantitative estimate of drug-likeness (QED) is 0.852. The normalized spacial score (nSPS) is 19.5. The van der Waals surface area contributed by atoms with Gasteiger partial charge in [0.25, 0.3) is 0 Å². The largest absolute Gasteiger partial charge is 0.316 e. The summed E-state index contributed by atoms with van der Waals surface area (Å²) in [4.78, 5) is 12.6. The zero-order chi connectivity index (χ0) is 14.3. The summed E-state index contributed by atoms with van der Waals surface area (Å²) in [5, 5.41) is 4.25. The molecule has 0 spiro atoms. The fourth-order valence-corrected chi connectivity index (χ4v) is 2.59. The number of rotatable bonds is 2. The highest BCUT2D eigenvalue weighted by Crippen LogP contribution is 2.17. The summed E-state index contributed by atoms with van der Waals surface area (Å²) in [6, 6.07) is 5.43.